The van der Waals surface area contributed by atoms with Crippen LogP contribution in [0.1, 0.15) is 6.92 Å². The Morgan fingerprint density at radius 3 is 2.46 bits per heavy atom. The summed E-state index contributed by atoms with van der Waals surface area (Å²) in [5, 5.41) is 2.59. The zero-order valence-corrected chi connectivity index (χ0v) is 15.1. The van der Waals surface area contributed by atoms with Crippen molar-refractivity contribution in [2.75, 3.05) is 44.0 Å². The van der Waals surface area contributed by atoms with Crippen molar-refractivity contribution in [3.05, 3.63) is 24.3 Å². The summed E-state index contributed by atoms with van der Waals surface area (Å²) < 4.78 is 35.7. The highest BCUT2D eigenvalue weighted by Gasteiger charge is 2.12. The predicted octanol–water partition coefficient (Wildman–Crippen LogP) is 0.340. The summed E-state index contributed by atoms with van der Waals surface area (Å²) in [6.45, 7) is 2.82. The normalized spacial score (nSPS) is 10.8. The predicted molar refractivity (Wildman–Crippen MR) is 95.2 cm³/mol. The van der Waals surface area contributed by atoms with Gasteiger partial charge in [0.2, 0.25) is 15.9 Å². The Bertz CT molecular complexity index is 581. The number of sulfonamides is 1. The van der Waals surface area contributed by atoms with E-state index in [-0.39, 0.29) is 31.3 Å². The molecule has 0 spiro atoms. The number of carbonyl (C=O) groups excluding carboxylic acids is 1. The number of anilines is 1. The number of carbonyl (C=O) groups is 1. The van der Waals surface area contributed by atoms with Crippen molar-refractivity contribution in [1.29, 1.82) is 0 Å². The van der Waals surface area contributed by atoms with E-state index in [1.54, 1.807) is 31.2 Å². The minimum absolute atomic E-state index is 0. The summed E-state index contributed by atoms with van der Waals surface area (Å²) in [7, 11) is -3.53. The smallest absolute Gasteiger partial charge is 0.239 e. The fraction of sp³-hybridized carbons (Fsp3) is 0.500. The Kier molecular flexibility index (Phi) is 11.3. The van der Waals surface area contributed by atoms with Crippen LogP contribution in [-0.2, 0) is 19.6 Å². The summed E-state index contributed by atoms with van der Waals surface area (Å²) in [4.78, 5) is 11.7. The first-order valence-electron chi connectivity index (χ1n) is 7.24. The Morgan fingerprint density at radius 1 is 1.21 bits per heavy atom. The number of nitrogens with two attached hydrogens (primary N) is 1. The molecule has 0 saturated heterocycles. The minimum atomic E-state index is -3.53. The molecule has 0 atom stereocenters. The summed E-state index contributed by atoms with van der Waals surface area (Å²) >= 11 is 0. The van der Waals surface area contributed by atoms with Gasteiger partial charge in [0.1, 0.15) is 12.4 Å². The fourth-order valence-electron chi connectivity index (χ4n) is 1.58. The first-order chi connectivity index (χ1) is 11.0. The number of amides is 1. The van der Waals surface area contributed by atoms with Crippen molar-refractivity contribution >= 4 is 34.0 Å². The van der Waals surface area contributed by atoms with Crippen LogP contribution in [0.5, 0.6) is 5.75 Å². The van der Waals surface area contributed by atoms with Gasteiger partial charge in [-0.3, -0.25) is 4.79 Å². The van der Waals surface area contributed by atoms with Gasteiger partial charge in [-0.1, -0.05) is 0 Å². The van der Waals surface area contributed by atoms with Gasteiger partial charge >= 0.3 is 0 Å². The van der Waals surface area contributed by atoms with Crippen molar-refractivity contribution in [2.24, 2.45) is 5.73 Å². The molecule has 24 heavy (non-hydrogen) atoms. The van der Waals surface area contributed by atoms with E-state index in [4.69, 9.17) is 15.2 Å². The van der Waals surface area contributed by atoms with E-state index in [0.717, 1.165) is 0 Å². The second-order valence-corrected chi connectivity index (χ2v) is 6.47. The van der Waals surface area contributed by atoms with Crippen molar-refractivity contribution in [3.8, 4) is 5.75 Å². The maximum Gasteiger partial charge on any atom is 0.239 e. The van der Waals surface area contributed by atoms with Gasteiger partial charge in [0.15, 0.2) is 0 Å². The fourth-order valence-corrected chi connectivity index (χ4v) is 2.41. The van der Waals surface area contributed by atoms with Crippen molar-refractivity contribution < 1.29 is 22.7 Å². The summed E-state index contributed by atoms with van der Waals surface area (Å²) in [5.41, 5.74) is 5.88. The standard InChI is InChI=1S/C14H23N3O5S.ClH/c1-2-21-9-10-23(19,20)16-11-14(18)17-12-3-5-13(6-4-12)22-8-7-15;/h3-6,16H,2,7-11,15H2,1H3,(H,17,18);1H. The molecule has 0 aliphatic rings. The first kappa shape index (κ1) is 22.6. The Hall–Kier alpha value is -1.39. The van der Waals surface area contributed by atoms with E-state index in [2.05, 4.69) is 10.0 Å². The van der Waals surface area contributed by atoms with Crippen LogP contribution < -0.4 is 20.5 Å². The molecule has 0 heterocycles. The lowest BCUT2D eigenvalue weighted by atomic mass is 10.3. The molecule has 1 amide bonds. The molecule has 0 radical (unpaired) electrons. The van der Waals surface area contributed by atoms with E-state index in [0.29, 0.717) is 31.2 Å². The first-order valence-corrected chi connectivity index (χ1v) is 8.90. The maximum absolute atomic E-state index is 11.7. The topological polar surface area (TPSA) is 120 Å². The lowest BCUT2D eigenvalue weighted by Gasteiger charge is -2.09. The Balaban J connectivity index is 0.00000529. The molecule has 8 nitrogen and oxygen atoms in total. The summed E-state index contributed by atoms with van der Waals surface area (Å²) in [5.74, 6) is 0.00655. The number of halogens is 1. The van der Waals surface area contributed by atoms with Gasteiger partial charge in [0.25, 0.3) is 0 Å². The van der Waals surface area contributed by atoms with Gasteiger partial charge in [-0.2, -0.15) is 0 Å². The SMILES string of the molecule is CCOCCS(=O)(=O)NCC(=O)Nc1ccc(OCCN)cc1.Cl. The number of rotatable bonds is 11. The number of benzene rings is 1. The van der Waals surface area contributed by atoms with Crippen LogP contribution >= 0.6 is 12.4 Å². The molecule has 0 aliphatic heterocycles. The monoisotopic (exact) mass is 381 g/mol. The average molecular weight is 382 g/mol. The van der Waals surface area contributed by atoms with Gasteiger partial charge < -0.3 is 20.5 Å². The lowest BCUT2D eigenvalue weighted by molar-refractivity contribution is -0.115. The molecule has 1 aromatic rings. The molecule has 0 unspecified atom stereocenters. The van der Waals surface area contributed by atoms with Gasteiger partial charge in [-0.25, -0.2) is 13.1 Å². The minimum Gasteiger partial charge on any atom is -0.492 e. The zero-order valence-electron chi connectivity index (χ0n) is 13.5. The Labute approximate surface area is 148 Å². The molecule has 0 aliphatic carbocycles. The van der Waals surface area contributed by atoms with Gasteiger partial charge in [-0.05, 0) is 31.2 Å². The molecule has 10 heteroatoms. The van der Waals surface area contributed by atoms with E-state index in [1.807, 2.05) is 0 Å². The van der Waals surface area contributed by atoms with Crippen molar-refractivity contribution in [2.45, 2.75) is 6.92 Å². The second kappa shape index (κ2) is 12.0. The maximum atomic E-state index is 11.7. The van der Waals surface area contributed by atoms with Crippen LogP contribution in [0.3, 0.4) is 0 Å². The quantitative estimate of drug-likeness (QED) is 0.475. The number of hydrogen-bond acceptors (Lipinski definition) is 6. The molecule has 4 N–H and O–H groups in total. The Morgan fingerprint density at radius 2 is 1.88 bits per heavy atom. The molecule has 0 saturated carbocycles. The van der Waals surface area contributed by atoms with Gasteiger partial charge in [0, 0.05) is 18.8 Å². The van der Waals surface area contributed by atoms with Crippen molar-refractivity contribution in [3.63, 3.8) is 0 Å². The van der Waals surface area contributed by atoms with Crippen LogP contribution in [0.25, 0.3) is 0 Å². The highest BCUT2D eigenvalue weighted by atomic mass is 35.5. The average Bonchev–Trinajstić information content (AvgIpc) is 2.53. The number of hydrogen-bond donors (Lipinski definition) is 3. The molecular weight excluding hydrogens is 358 g/mol. The van der Waals surface area contributed by atoms with Crippen LogP contribution in [0.2, 0.25) is 0 Å². The molecule has 138 valence electrons. The van der Waals surface area contributed by atoms with Crippen LogP contribution in [0.15, 0.2) is 24.3 Å². The molecule has 0 aromatic heterocycles. The third-order valence-corrected chi connectivity index (χ3v) is 3.97. The lowest BCUT2D eigenvalue weighted by Crippen LogP contribution is -2.35. The van der Waals surface area contributed by atoms with Crippen molar-refractivity contribution in [1.82, 2.24) is 4.72 Å². The molecule has 1 rings (SSSR count). The van der Waals surface area contributed by atoms with E-state index in [1.165, 1.54) is 0 Å². The molecular formula is C14H24ClN3O5S. The van der Waals surface area contributed by atoms with Gasteiger partial charge in [0.05, 0.1) is 18.9 Å². The van der Waals surface area contributed by atoms with Crippen LogP contribution in [0, 0.1) is 0 Å². The van der Waals surface area contributed by atoms with Crippen LogP contribution in [0.4, 0.5) is 5.69 Å². The third kappa shape index (κ3) is 9.68. The molecule has 1 aromatic carbocycles. The van der Waals surface area contributed by atoms with E-state index < -0.39 is 15.9 Å². The number of ether oxygens (including phenoxy) is 2. The zero-order chi connectivity index (χ0) is 17.1. The largest absolute Gasteiger partial charge is 0.492 e. The highest BCUT2D eigenvalue weighted by molar-refractivity contribution is 7.89. The summed E-state index contributed by atoms with van der Waals surface area (Å²) in [6, 6.07) is 6.70. The number of nitrogens with one attached hydrogen (secondary N) is 2. The van der Waals surface area contributed by atoms with E-state index >= 15 is 0 Å². The molecule has 0 bridgehead atoms. The van der Waals surface area contributed by atoms with Gasteiger partial charge in [-0.15, -0.1) is 12.4 Å². The summed E-state index contributed by atoms with van der Waals surface area (Å²) in [6.07, 6.45) is 0. The third-order valence-electron chi connectivity index (χ3n) is 2.68. The van der Waals surface area contributed by atoms with Crippen LogP contribution in [-0.4, -0.2) is 53.0 Å². The highest BCUT2D eigenvalue weighted by Crippen LogP contribution is 2.15. The second-order valence-electron chi connectivity index (χ2n) is 4.55. The molecule has 0 fully saturated rings. The van der Waals surface area contributed by atoms with E-state index in [9.17, 15) is 13.2 Å².